The first kappa shape index (κ1) is 9.64. The van der Waals surface area contributed by atoms with Gasteiger partial charge in [-0.1, -0.05) is 22.7 Å². The van der Waals surface area contributed by atoms with Gasteiger partial charge in [-0.25, -0.2) is 4.79 Å². The van der Waals surface area contributed by atoms with Crippen molar-refractivity contribution in [3.63, 3.8) is 0 Å². The van der Waals surface area contributed by atoms with Crippen LogP contribution in [-0.2, 0) is 9.53 Å². The molecule has 0 saturated heterocycles. The van der Waals surface area contributed by atoms with Crippen LogP contribution in [0.1, 0.15) is 20.3 Å². The van der Waals surface area contributed by atoms with Gasteiger partial charge in [0.1, 0.15) is 5.85 Å². The summed E-state index contributed by atoms with van der Waals surface area (Å²) in [6.45, 7) is 7.04. The van der Waals surface area contributed by atoms with Crippen LogP contribution in [0.4, 0.5) is 0 Å². The van der Waals surface area contributed by atoms with Crippen molar-refractivity contribution in [2.45, 2.75) is 26.1 Å². The van der Waals surface area contributed by atoms with E-state index in [4.69, 9.17) is 4.74 Å². The van der Waals surface area contributed by atoms with Crippen molar-refractivity contribution in [2.75, 3.05) is 0 Å². The Morgan fingerprint density at radius 1 is 1.80 bits per heavy atom. The molecule has 0 amide bonds. The molecule has 58 valence electrons. The topological polar surface area (TPSA) is 26.3 Å². The van der Waals surface area contributed by atoms with E-state index in [1.165, 1.54) is 0 Å². The van der Waals surface area contributed by atoms with Crippen molar-refractivity contribution in [1.82, 2.24) is 0 Å². The molecule has 0 rings (SSSR count). The molecule has 2 unspecified atom stereocenters. The van der Waals surface area contributed by atoms with Crippen molar-refractivity contribution in [2.24, 2.45) is 0 Å². The summed E-state index contributed by atoms with van der Waals surface area (Å²) in [5, 5.41) is 0. The molecule has 0 heterocycles. The number of carbonyl (C=O) groups excluding carboxylic acids is 1. The smallest absolute Gasteiger partial charge is 0.333 e. The lowest BCUT2D eigenvalue weighted by Gasteiger charge is -2.09. The Kier molecular flexibility index (Phi) is 4.29. The second kappa shape index (κ2) is 4.45. The van der Waals surface area contributed by atoms with E-state index in [2.05, 4.69) is 15.8 Å². The maximum absolute atomic E-state index is 10.8. The lowest BCUT2D eigenvalue weighted by atomic mass is 10.4. The Morgan fingerprint density at radius 3 is 2.60 bits per heavy atom. The van der Waals surface area contributed by atoms with Gasteiger partial charge in [0.15, 0.2) is 0 Å². The van der Waals surface area contributed by atoms with E-state index >= 15 is 0 Å². The predicted molar refractivity (Wildman–Crippen MR) is 44.7 cm³/mol. The third-order valence-corrected chi connectivity index (χ3v) is 1.62. The Bertz CT molecular complexity index is 143. The zero-order valence-electron chi connectivity index (χ0n) is 6.39. The maximum atomic E-state index is 10.8. The van der Waals surface area contributed by atoms with Crippen LogP contribution in [0.3, 0.4) is 0 Å². The van der Waals surface area contributed by atoms with Crippen molar-refractivity contribution < 1.29 is 9.53 Å². The van der Waals surface area contributed by atoms with Crippen LogP contribution in [0.15, 0.2) is 12.2 Å². The first-order chi connectivity index (χ1) is 4.57. The Labute approximate surface area is 63.8 Å². The average molecular weight is 160 g/mol. The minimum absolute atomic E-state index is 0.0794. The van der Waals surface area contributed by atoms with Crippen LogP contribution in [0, 0.1) is 0 Å². The van der Waals surface area contributed by atoms with Gasteiger partial charge in [-0.15, -0.1) is 0 Å². The maximum Gasteiger partial charge on any atom is 0.333 e. The summed E-state index contributed by atoms with van der Waals surface area (Å²) in [5.41, 5.74) is 0.445. The van der Waals surface area contributed by atoms with Gasteiger partial charge in [0.05, 0.1) is 0 Å². The molecule has 0 radical (unpaired) electrons. The lowest BCUT2D eigenvalue weighted by molar-refractivity contribution is -0.140. The van der Waals surface area contributed by atoms with E-state index in [1.54, 1.807) is 6.92 Å². The monoisotopic (exact) mass is 160 g/mol. The summed E-state index contributed by atoms with van der Waals surface area (Å²) in [5.74, 6) is -0.397. The first-order valence-corrected chi connectivity index (χ1v) is 3.86. The first-order valence-electron chi connectivity index (χ1n) is 3.20. The van der Waals surface area contributed by atoms with Crippen molar-refractivity contribution in [1.29, 1.82) is 0 Å². The fourth-order valence-electron chi connectivity index (χ4n) is 0.321. The zero-order chi connectivity index (χ0) is 8.15. The van der Waals surface area contributed by atoms with Gasteiger partial charge in [-0.05, 0) is 13.3 Å². The van der Waals surface area contributed by atoms with Crippen molar-refractivity contribution in [3.05, 3.63) is 12.2 Å². The number of hydrogen-bond acceptors (Lipinski definition) is 2. The van der Waals surface area contributed by atoms with Crippen LogP contribution in [0.5, 0.6) is 0 Å². The number of rotatable bonds is 3. The van der Waals surface area contributed by atoms with Gasteiger partial charge >= 0.3 is 5.97 Å². The number of hydrogen-bond donors (Lipinski definition) is 0. The Hall–Kier alpha value is -0.360. The second-order valence-electron chi connectivity index (χ2n) is 2.13. The Balaban J connectivity index is 3.68. The van der Waals surface area contributed by atoms with E-state index in [-0.39, 0.29) is 11.8 Å². The summed E-state index contributed by atoms with van der Waals surface area (Å²) < 4.78 is 4.89. The fraction of sp³-hybridized carbons (Fsp3) is 0.571. The molecule has 2 atom stereocenters. The van der Waals surface area contributed by atoms with E-state index in [0.29, 0.717) is 5.57 Å². The van der Waals surface area contributed by atoms with E-state index in [0.717, 1.165) is 6.42 Å². The molecular weight excluding hydrogens is 147 g/mol. The minimum atomic E-state index is -0.318. The summed E-state index contributed by atoms with van der Waals surface area (Å²) in [7, 11) is 2.44. The van der Waals surface area contributed by atoms with E-state index in [1.807, 2.05) is 6.92 Å². The molecule has 0 aliphatic heterocycles. The van der Waals surface area contributed by atoms with Crippen LogP contribution < -0.4 is 0 Å². The molecule has 0 aliphatic rings. The highest BCUT2D eigenvalue weighted by Gasteiger charge is 2.06. The van der Waals surface area contributed by atoms with E-state index in [9.17, 15) is 4.79 Å². The molecule has 0 aromatic carbocycles. The van der Waals surface area contributed by atoms with Crippen molar-refractivity contribution >= 4 is 15.2 Å². The second-order valence-corrected chi connectivity index (χ2v) is 2.88. The molecule has 0 saturated carbocycles. The van der Waals surface area contributed by atoms with Gasteiger partial charge in [-0.2, -0.15) is 0 Å². The molecule has 0 spiro atoms. The highest BCUT2D eigenvalue weighted by Crippen LogP contribution is 2.08. The summed E-state index contributed by atoms with van der Waals surface area (Å²) in [6.07, 6.45) is 0.809. The quantitative estimate of drug-likeness (QED) is 0.357. The van der Waals surface area contributed by atoms with Gasteiger partial charge < -0.3 is 4.74 Å². The molecule has 10 heavy (non-hydrogen) atoms. The molecule has 0 aromatic rings. The number of ether oxygens (including phenoxy) is 1. The molecule has 0 bridgehead atoms. The zero-order valence-corrected chi connectivity index (χ0v) is 7.54. The third-order valence-electron chi connectivity index (χ3n) is 1.01. The number of esters is 1. The van der Waals surface area contributed by atoms with Crippen LogP contribution >= 0.6 is 9.24 Å². The third kappa shape index (κ3) is 3.62. The van der Waals surface area contributed by atoms with Gasteiger partial charge in [-0.3, -0.25) is 0 Å². The normalized spacial score (nSPS) is 12.3. The van der Waals surface area contributed by atoms with Gasteiger partial charge in [0, 0.05) is 5.57 Å². The minimum Gasteiger partial charge on any atom is -0.455 e. The van der Waals surface area contributed by atoms with Crippen LogP contribution in [0.25, 0.3) is 0 Å². The SMILES string of the molecule is C=C(C)C(=O)OC(P)CC. The largest absolute Gasteiger partial charge is 0.455 e. The average Bonchev–Trinajstić information content (AvgIpc) is 1.87. The fourth-order valence-corrected chi connectivity index (χ4v) is 0.445. The van der Waals surface area contributed by atoms with Crippen LogP contribution in [0.2, 0.25) is 0 Å². The summed E-state index contributed by atoms with van der Waals surface area (Å²) in [6, 6.07) is 0. The Morgan fingerprint density at radius 2 is 2.30 bits per heavy atom. The molecule has 2 nitrogen and oxygen atoms in total. The number of carbonyl (C=O) groups is 1. The molecule has 0 N–H and O–H groups in total. The molecular formula is C7H13O2P. The van der Waals surface area contributed by atoms with Crippen LogP contribution in [-0.4, -0.2) is 11.8 Å². The highest BCUT2D eigenvalue weighted by atomic mass is 31.0. The van der Waals surface area contributed by atoms with Gasteiger partial charge in [0.2, 0.25) is 0 Å². The summed E-state index contributed by atoms with van der Waals surface area (Å²) in [4.78, 5) is 10.8. The molecule has 3 heteroatoms. The predicted octanol–water partition coefficient (Wildman–Crippen LogP) is 1.72. The molecule has 0 fully saturated rings. The highest BCUT2D eigenvalue weighted by molar-refractivity contribution is 7.17. The lowest BCUT2D eigenvalue weighted by Crippen LogP contribution is -2.11. The molecule has 0 aromatic heterocycles. The van der Waals surface area contributed by atoms with Gasteiger partial charge in [0.25, 0.3) is 0 Å². The van der Waals surface area contributed by atoms with Crippen molar-refractivity contribution in [3.8, 4) is 0 Å². The summed E-state index contributed by atoms with van der Waals surface area (Å²) >= 11 is 0. The molecule has 0 aliphatic carbocycles. The van der Waals surface area contributed by atoms with E-state index < -0.39 is 0 Å². The standard InChI is InChI=1S/C7H13O2P/c1-4-6(10)9-7(8)5(2)3/h6H,2,4,10H2,1,3H3.